The molecule has 6 heteroatoms. The molecule has 1 N–H and O–H groups in total. The molecule has 0 fully saturated rings. The molecule has 3 rings (SSSR count). The van der Waals surface area contributed by atoms with Crippen LogP contribution in [0.15, 0.2) is 65.1 Å². The molecule has 0 unspecified atom stereocenters. The van der Waals surface area contributed by atoms with Crippen LogP contribution >= 0.6 is 27.3 Å². The van der Waals surface area contributed by atoms with Gasteiger partial charge in [-0.2, -0.15) is 0 Å². The Bertz CT molecular complexity index is 937. The number of carbonyl (C=O) groups excluding carboxylic acids is 2. The van der Waals surface area contributed by atoms with E-state index in [0.717, 1.165) is 10.4 Å². The lowest BCUT2D eigenvalue weighted by Gasteiger charge is -2.07. The first-order chi connectivity index (χ1) is 12.6. The average molecular weight is 430 g/mol. The molecule has 2 aromatic carbocycles. The van der Waals surface area contributed by atoms with Gasteiger partial charge in [0.2, 0.25) is 0 Å². The highest BCUT2D eigenvalue weighted by molar-refractivity contribution is 9.10. The zero-order valence-corrected chi connectivity index (χ0v) is 16.4. The molecule has 0 aliphatic rings. The number of esters is 1. The van der Waals surface area contributed by atoms with Crippen LogP contribution in [0.2, 0.25) is 0 Å². The molecule has 1 amide bonds. The molecule has 0 spiro atoms. The minimum Gasteiger partial charge on any atom is -0.462 e. The van der Waals surface area contributed by atoms with Gasteiger partial charge in [-0.05, 0) is 46.6 Å². The van der Waals surface area contributed by atoms with Crippen LogP contribution in [0.5, 0.6) is 0 Å². The van der Waals surface area contributed by atoms with E-state index in [9.17, 15) is 9.59 Å². The molecule has 4 nitrogen and oxygen atoms in total. The number of benzene rings is 2. The first kappa shape index (κ1) is 18.4. The summed E-state index contributed by atoms with van der Waals surface area (Å²) in [7, 11) is 0. The first-order valence-electron chi connectivity index (χ1n) is 8.02. The third kappa shape index (κ3) is 4.03. The van der Waals surface area contributed by atoms with Crippen LogP contribution in [0, 0.1) is 0 Å². The SMILES string of the molecule is CCOC(=O)c1cc(-c2ccccc2)sc1NC(=O)c1ccccc1Br. The Hall–Kier alpha value is -2.44. The fraction of sp³-hybridized carbons (Fsp3) is 0.100. The highest BCUT2D eigenvalue weighted by Crippen LogP contribution is 2.36. The Morgan fingerprint density at radius 2 is 1.73 bits per heavy atom. The van der Waals surface area contributed by atoms with E-state index in [1.807, 2.05) is 36.4 Å². The Labute approximate surface area is 163 Å². The second kappa shape index (κ2) is 8.29. The van der Waals surface area contributed by atoms with Crippen LogP contribution in [0.25, 0.3) is 10.4 Å². The normalized spacial score (nSPS) is 10.4. The van der Waals surface area contributed by atoms with Crippen molar-refractivity contribution >= 4 is 44.1 Å². The summed E-state index contributed by atoms with van der Waals surface area (Å²) in [5.41, 5.74) is 1.83. The molecule has 0 bridgehead atoms. The maximum absolute atomic E-state index is 12.6. The quantitative estimate of drug-likeness (QED) is 0.536. The van der Waals surface area contributed by atoms with Crippen LogP contribution in [-0.4, -0.2) is 18.5 Å². The molecule has 132 valence electrons. The minimum absolute atomic E-state index is 0.271. The molecular weight excluding hydrogens is 414 g/mol. The third-order valence-electron chi connectivity index (χ3n) is 3.63. The summed E-state index contributed by atoms with van der Waals surface area (Å²) in [6.07, 6.45) is 0. The van der Waals surface area contributed by atoms with E-state index in [2.05, 4.69) is 21.2 Å². The van der Waals surface area contributed by atoms with Gasteiger partial charge in [0.1, 0.15) is 5.00 Å². The van der Waals surface area contributed by atoms with Gasteiger partial charge in [0.15, 0.2) is 0 Å². The van der Waals surface area contributed by atoms with Crippen molar-refractivity contribution in [1.82, 2.24) is 0 Å². The van der Waals surface area contributed by atoms with Crippen LogP contribution in [0.1, 0.15) is 27.6 Å². The van der Waals surface area contributed by atoms with Crippen molar-refractivity contribution < 1.29 is 14.3 Å². The van der Waals surface area contributed by atoms with E-state index in [4.69, 9.17) is 4.74 Å². The number of amides is 1. The first-order valence-corrected chi connectivity index (χ1v) is 9.63. The Morgan fingerprint density at radius 3 is 2.42 bits per heavy atom. The second-order valence-electron chi connectivity index (χ2n) is 5.37. The van der Waals surface area contributed by atoms with E-state index < -0.39 is 5.97 Å². The van der Waals surface area contributed by atoms with Gasteiger partial charge in [-0.1, -0.05) is 42.5 Å². The monoisotopic (exact) mass is 429 g/mol. The Balaban J connectivity index is 1.96. The highest BCUT2D eigenvalue weighted by atomic mass is 79.9. The lowest BCUT2D eigenvalue weighted by molar-refractivity contribution is 0.0528. The van der Waals surface area contributed by atoms with Crippen molar-refractivity contribution in [2.75, 3.05) is 11.9 Å². The standard InChI is InChI=1S/C20H16BrNO3S/c1-2-25-20(24)15-12-17(13-8-4-3-5-9-13)26-19(15)22-18(23)14-10-6-7-11-16(14)21/h3-12H,2H2,1H3,(H,22,23). The number of hydrogen-bond acceptors (Lipinski definition) is 4. The largest absolute Gasteiger partial charge is 0.462 e. The summed E-state index contributed by atoms with van der Waals surface area (Å²) in [5.74, 6) is -0.738. The molecule has 0 saturated heterocycles. The predicted molar refractivity (Wildman–Crippen MR) is 108 cm³/mol. The minimum atomic E-state index is -0.451. The molecule has 0 radical (unpaired) electrons. The van der Waals surface area contributed by atoms with Crippen LogP contribution < -0.4 is 5.32 Å². The Morgan fingerprint density at radius 1 is 1.04 bits per heavy atom. The highest BCUT2D eigenvalue weighted by Gasteiger charge is 2.21. The zero-order valence-electron chi connectivity index (χ0n) is 14.0. The number of thiophene rings is 1. The molecular formula is C20H16BrNO3S. The van der Waals surface area contributed by atoms with Gasteiger partial charge >= 0.3 is 5.97 Å². The number of carbonyl (C=O) groups is 2. The van der Waals surface area contributed by atoms with E-state index in [-0.39, 0.29) is 12.5 Å². The fourth-order valence-electron chi connectivity index (χ4n) is 2.40. The molecule has 26 heavy (non-hydrogen) atoms. The molecule has 3 aromatic rings. The van der Waals surface area contributed by atoms with Crippen LogP contribution in [-0.2, 0) is 4.74 Å². The zero-order chi connectivity index (χ0) is 18.5. The van der Waals surface area contributed by atoms with E-state index in [0.29, 0.717) is 20.6 Å². The molecule has 0 aliphatic carbocycles. The third-order valence-corrected chi connectivity index (χ3v) is 5.42. The number of hydrogen-bond donors (Lipinski definition) is 1. The summed E-state index contributed by atoms with van der Waals surface area (Å²) in [5, 5.41) is 3.32. The summed E-state index contributed by atoms with van der Waals surface area (Å²) in [4.78, 5) is 25.8. The number of halogens is 1. The number of ether oxygens (including phenoxy) is 1. The van der Waals surface area contributed by atoms with Crippen molar-refractivity contribution in [2.24, 2.45) is 0 Å². The van der Waals surface area contributed by atoms with Gasteiger partial charge in [0.05, 0.1) is 17.7 Å². The van der Waals surface area contributed by atoms with E-state index >= 15 is 0 Å². The van der Waals surface area contributed by atoms with Crippen molar-refractivity contribution in [3.63, 3.8) is 0 Å². The van der Waals surface area contributed by atoms with Gasteiger partial charge < -0.3 is 10.1 Å². The van der Waals surface area contributed by atoms with Crippen molar-refractivity contribution in [3.05, 3.63) is 76.3 Å². The summed E-state index contributed by atoms with van der Waals surface area (Å²) < 4.78 is 5.83. The van der Waals surface area contributed by atoms with E-state index in [1.54, 1.807) is 31.2 Å². The van der Waals surface area contributed by atoms with Gasteiger partial charge in [-0.3, -0.25) is 4.79 Å². The molecule has 1 aromatic heterocycles. The smallest absolute Gasteiger partial charge is 0.341 e. The maximum atomic E-state index is 12.6. The molecule has 0 saturated carbocycles. The molecule has 0 aliphatic heterocycles. The number of nitrogens with one attached hydrogen (secondary N) is 1. The average Bonchev–Trinajstić information content (AvgIpc) is 3.07. The lowest BCUT2D eigenvalue weighted by Crippen LogP contribution is -2.14. The van der Waals surface area contributed by atoms with Crippen LogP contribution in [0.4, 0.5) is 5.00 Å². The number of anilines is 1. The van der Waals surface area contributed by atoms with Gasteiger partial charge in [-0.25, -0.2) is 4.79 Å². The maximum Gasteiger partial charge on any atom is 0.341 e. The fourth-order valence-corrected chi connectivity index (χ4v) is 3.92. The van der Waals surface area contributed by atoms with Crippen molar-refractivity contribution in [3.8, 4) is 10.4 Å². The van der Waals surface area contributed by atoms with Crippen LogP contribution in [0.3, 0.4) is 0 Å². The summed E-state index contributed by atoms with van der Waals surface area (Å²) in [6.45, 7) is 2.02. The van der Waals surface area contributed by atoms with Gasteiger partial charge in [-0.15, -0.1) is 11.3 Å². The number of rotatable bonds is 5. The topological polar surface area (TPSA) is 55.4 Å². The van der Waals surface area contributed by atoms with Crippen molar-refractivity contribution in [2.45, 2.75) is 6.92 Å². The second-order valence-corrected chi connectivity index (χ2v) is 7.28. The van der Waals surface area contributed by atoms with Crippen molar-refractivity contribution in [1.29, 1.82) is 0 Å². The Kier molecular flexibility index (Phi) is 5.85. The molecule has 0 atom stereocenters. The summed E-state index contributed by atoms with van der Waals surface area (Å²) in [6, 6.07) is 18.6. The lowest BCUT2D eigenvalue weighted by atomic mass is 10.1. The van der Waals surface area contributed by atoms with E-state index in [1.165, 1.54) is 11.3 Å². The van der Waals surface area contributed by atoms with Gasteiger partial charge in [0.25, 0.3) is 5.91 Å². The summed E-state index contributed by atoms with van der Waals surface area (Å²) >= 11 is 4.72. The molecule has 1 heterocycles. The van der Waals surface area contributed by atoms with Gasteiger partial charge in [0, 0.05) is 9.35 Å². The predicted octanol–water partition coefficient (Wildman–Crippen LogP) is 5.61.